The standard InChI is InChI=1S/C25H36FN3O2/c1-6-22-28-23(24(30)27-15-25(31)11-9-17(4)10-12-25)18(5)29(22)21-8-7-19(13-16(2)3)14-20(21)26/h7-8,14,16-17,31H,6,9-13,15H2,1-5H3,(H,27,30). The summed E-state index contributed by atoms with van der Waals surface area (Å²) in [5.41, 5.74) is 1.41. The Balaban J connectivity index is 1.82. The van der Waals surface area contributed by atoms with Gasteiger partial charge in [0, 0.05) is 13.0 Å². The molecule has 2 aromatic rings. The second-order valence-electron chi connectivity index (χ2n) is 9.62. The molecule has 1 saturated carbocycles. The first-order valence-corrected chi connectivity index (χ1v) is 11.5. The van der Waals surface area contributed by atoms with E-state index >= 15 is 0 Å². The topological polar surface area (TPSA) is 67.2 Å². The van der Waals surface area contributed by atoms with E-state index in [1.807, 2.05) is 13.0 Å². The zero-order chi connectivity index (χ0) is 22.8. The number of nitrogens with zero attached hydrogens (tertiary/aromatic N) is 2. The van der Waals surface area contributed by atoms with Crippen molar-refractivity contribution in [2.75, 3.05) is 6.54 Å². The maximum absolute atomic E-state index is 15.0. The number of amides is 1. The van der Waals surface area contributed by atoms with Gasteiger partial charge in [-0.15, -0.1) is 0 Å². The van der Waals surface area contributed by atoms with Crippen LogP contribution < -0.4 is 5.32 Å². The summed E-state index contributed by atoms with van der Waals surface area (Å²) in [5, 5.41) is 13.6. The van der Waals surface area contributed by atoms with Crippen LogP contribution in [0.3, 0.4) is 0 Å². The number of imidazole rings is 1. The fourth-order valence-corrected chi connectivity index (χ4v) is 4.47. The van der Waals surface area contributed by atoms with Gasteiger partial charge in [-0.3, -0.25) is 9.36 Å². The molecule has 170 valence electrons. The minimum absolute atomic E-state index is 0.213. The van der Waals surface area contributed by atoms with Crippen molar-refractivity contribution in [3.8, 4) is 5.69 Å². The molecule has 1 fully saturated rings. The molecular weight excluding hydrogens is 393 g/mol. The third-order valence-corrected chi connectivity index (χ3v) is 6.39. The smallest absolute Gasteiger partial charge is 0.271 e. The van der Waals surface area contributed by atoms with Crippen molar-refractivity contribution in [2.45, 2.75) is 78.7 Å². The molecule has 1 heterocycles. The number of aliphatic hydroxyl groups is 1. The Morgan fingerprint density at radius 3 is 2.61 bits per heavy atom. The molecule has 3 rings (SSSR count). The highest BCUT2D eigenvalue weighted by Gasteiger charge is 2.32. The number of carbonyl (C=O) groups is 1. The van der Waals surface area contributed by atoms with Crippen molar-refractivity contribution in [1.29, 1.82) is 0 Å². The van der Waals surface area contributed by atoms with Gasteiger partial charge in [-0.05, 0) is 68.6 Å². The van der Waals surface area contributed by atoms with E-state index in [9.17, 15) is 14.3 Å². The van der Waals surface area contributed by atoms with Crippen LogP contribution in [0.1, 0.15) is 80.9 Å². The number of hydrogen-bond acceptors (Lipinski definition) is 3. The number of hydrogen-bond donors (Lipinski definition) is 2. The highest BCUT2D eigenvalue weighted by molar-refractivity contribution is 5.93. The molecule has 1 aliphatic rings. The molecule has 0 saturated heterocycles. The Labute approximate surface area is 185 Å². The van der Waals surface area contributed by atoms with Gasteiger partial charge in [0.25, 0.3) is 5.91 Å². The Bertz CT molecular complexity index is 927. The second-order valence-corrected chi connectivity index (χ2v) is 9.62. The average Bonchev–Trinajstić information content (AvgIpc) is 3.05. The molecule has 0 unspecified atom stereocenters. The van der Waals surface area contributed by atoms with Crippen molar-refractivity contribution < 1.29 is 14.3 Å². The summed E-state index contributed by atoms with van der Waals surface area (Å²) in [5.74, 6) is 1.07. The van der Waals surface area contributed by atoms with E-state index in [4.69, 9.17) is 0 Å². The number of nitrogens with one attached hydrogen (secondary N) is 1. The van der Waals surface area contributed by atoms with Crippen LogP contribution in [0.15, 0.2) is 18.2 Å². The van der Waals surface area contributed by atoms with Gasteiger partial charge in [0.2, 0.25) is 0 Å². The summed E-state index contributed by atoms with van der Waals surface area (Å²) in [6, 6.07) is 5.29. The first-order chi connectivity index (χ1) is 14.6. The zero-order valence-electron chi connectivity index (χ0n) is 19.5. The molecule has 1 aromatic heterocycles. The molecule has 0 aliphatic heterocycles. The lowest BCUT2D eigenvalue weighted by Crippen LogP contribution is -2.45. The van der Waals surface area contributed by atoms with Crippen molar-refractivity contribution in [3.63, 3.8) is 0 Å². The molecular formula is C25H36FN3O2. The molecule has 6 heteroatoms. The first kappa shape index (κ1) is 23.5. The molecule has 2 N–H and O–H groups in total. The summed E-state index contributed by atoms with van der Waals surface area (Å²) >= 11 is 0. The molecule has 0 spiro atoms. The fraction of sp³-hybridized carbons (Fsp3) is 0.600. The van der Waals surface area contributed by atoms with Crippen LogP contribution >= 0.6 is 0 Å². The molecule has 5 nitrogen and oxygen atoms in total. The van der Waals surface area contributed by atoms with Gasteiger partial charge < -0.3 is 10.4 Å². The molecule has 0 atom stereocenters. The van der Waals surface area contributed by atoms with Gasteiger partial charge in [0.05, 0.1) is 17.0 Å². The average molecular weight is 430 g/mol. The largest absolute Gasteiger partial charge is 0.388 e. The van der Waals surface area contributed by atoms with E-state index in [-0.39, 0.29) is 24.0 Å². The van der Waals surface area contributed by atoms with E-state index in [0.29, 0.717) is 48.3 Å². The molecule has 31 heavy (non-hydrogen) atoms. The third kappa shape index (κ3) is 5.35. The number of benzene rings is 1. The first-order valence-electron chi connectivity index (χ1n) is 11.5. The predicted molar refractivity (Wildman–Crippen MR) is 121 cm³/mol. The second kappa shape index (κ2) is 9.51. The van der Waals surface area contributed by atoms with Crippen molar-refractivity contribution in [1.82, 2.24) is 14.9 Å². The van der Waals surface area contributed by atoms with Gasteiger partial charge in [0.15, 0.2) is 0 Å². The maximum atomic E-state index is 15.0. The Kier molecular flexibility index (Phi) is 7.20. The van der Waals surface area contributed by atoms with Crippen LogP contribution in [-0.2, 0) is 12.8 Å². The number of aryl methyl sites for hydroxylation is 1. The zero-order valence-corrected chi connectivity index (χ0v) is 19.5. The van der Waals surface area contributed by atoms with Crippen LogP contribution in [0.2, 0.25) is 0 Å². The summed E-state index contributed by atoms with van der Waals surface area (Å²) in [6.45, 7) is 10.3. The van der Waals surface area contributed by atoms with E-state index in [1.54, 1.807) is 23.6 Å². The van der Waals surface area contributed by atoms with Crippen molar-refractivity contribution in [3.05, 3.63) is 46.8 Å². The number of halogens is 1. The maximum Gasteiger partial charge on any atom is 0.271 e. The number of carbonyl (C=O) groups excluding carboxylic acids is 1. The van der Waals surface area contributed by atoms with Crippen LogP contribution in [-0.4, -0.2) is 32.7 Å². The summed E-state index contributed by atoms with van der Waals surface area (Å²) < 4.78 is 16.7. The van der Waals surface area contributed by atoms with Crippen LogP contribution in [0, 0.1) is 24.6 Å². The molecule has 0 radical (unpaired) electrons. The van der Waals surface area contributed by atoms with E-state index in [1.165, 1.54) is 0 Å². The number of aromatic nitrogens is 2. The number of rotatable bonds is 7. The highest BCUT2D eigenvalue weighted by atomic mass is 19.1. The monoisotopic (exact) mass is 429 g/mol. The molecule has 1 amide bonds. The third-order valence-electron chi connectivity index (χ3n) is 6.39. The SMILES string of the molecule is CCc1nc(C(=O)NCC2(O)CCC(C)CC2)c(C)n1-c1ccc(CC(C)C)cc1F. The Morgan fingerprint density at radius 1 is 1.35 bits per heavy atom. The van der Waals surface area contributed by atoms with E-state index < -0.39 is 5.60 Å². The van der Waals surface area contributed by atoms with Gasteiger partial charge in [0.1, 0.15) is 17.3 Å². The quantitative estimate of drug-likeness (QED) is 0.667. The molecule has 1 aromatic carbocycles. The Hall–Kier alpha value is -2.21. The summed E-state index contributed by atoms with van der Waals surface area (Å²) in [7, 11) is 0. The lowest BCUT2D eigenvalue weighted by atomic mass is 9.79. The van der Waals surface area contributed by atoms with Crippen molar-refractivity contribution in [2.24, 2.45) is 11.8 Å². The lowest BCUT2D eigenvalue weighted by molar-refractivity contribution is -0.00544. The van der Waals surface area contributed by atoms with Gasteiger partial charge in [-0.2, -0.15) is 0 Å². The Morgan fingerprint density at radius 2 is 2.03 bits per heavy atom. The van der Waals surface area contributed by atoms with Crippen LogP contribution in [0.25, 0.3) is 5.69 Å². The highest BCUT2D eigenvalue weighted by Crippen LogP contribution is 2.31. The van der Waals surface area contributed by atoms with Gasteiger partial charge >= 0.3 is 0 Å². The fourth-order valence-electron chi connectivity index (χ4n) is 4.47. The molecule has 1 aliphatic carbocycles. The van der Waals surface area contributed by atoms with Crippen LogP contribution in [0.5, 0.6) is 0 Å². The van der Waals surface area contributed by atoms with Gasteiger partial charge in [-0.1, -0.05) is 33.8 Å². The molecule has 0 bridgehead atoms. The predicted octanol–water partition coefficient (Wildman–Crippen LogP) is 4.75. The lowest BCUT2D eigenvalue weighted by Gasteiger charge is -2.34. The van der Waals surface area contributed by atoms with Crippen LogP contribution in [0.4, 0.5) is 4.39 Å². The van der Waals surface area contributed by atoms with E-state index in [0.717, 1.165) is 24.8 Å². The minimum Gasteiger partial charge on any atom is -0.388 e. The minimum atomic E-state index is -0.857. The summed E-state index contributed by atoms with van der Waals surface area (Å²) in [6.07, 6.45) is 4.70. The summed E-state index contributed by atoms with van der Waals surface area (Å²) in [4.78, 5) is 17.4. The van der Waals surface area contributed by atoms with Crippen molar-refractivity contribution >= 4 is 5.91 Å². The normalized spacial score (nSPS) is 21.5. The van der Waals surface area contributed by atoms with E-state index in [2.05, 4.69) is 31.1 Å². The van der Waals surface area contributed by atoms with Gasteiger partial charge in [-0.25, -0.2) is 9.37 Å².